The standard InChI is InChI=1S/C16H24N2O3/c1-2-21-15-8-6-13(7-9-15)17-16(20)12-18(10-11-19)14-4-3-5-14/h6-9,14,19H,2-5,10-12H2,1H3,(H,17,20). The number of anilines is 1. The molecule has 5 heteroatoms. The van der Waals surface area contributed by atoms with Crippen LogP contribution in [0, 0.1) is 0 Å². The number of carbonyl (C=O) groups excluding carboxylic acids is 1. The molecule has 1 aliphatic carbocycles. The summed E-state index contributed by atoms with van der Waals surface area (Å²) in [6, 6.07) is 7.81. The average Bonchev–Trinajstić information content (AvgIpc) is 2.39. The molecule has 21 heavy (non-hydrogen) atoms. The zero-order valence-electron chi connectivity index (χ0n) is 12.5. The molecule has 5 nitrogen and oxygen atoms in total. The van der Waals surface area contributed by atoms with Crippen molar-refractivity contribution in [2.45, 2.75) is 32.2 Å². The molecule has 0 saturated heterocycles. The second-order valence-electron chi connectivity index (χ2n) is 5.28. The number of nitrogens with one attached hydrogen (secondary N) is 1. The maximum Gasteiger partial charge on any atom is 0.238 e. The van der Waals surface area contributed by atoms with Crippen molar-refractivity contribution in [2.24, 2.45) is 0 Å². The van der Waals surface area contributed by atoms with Crippen LogP contribution in [0.3, 0.4) is 0 Å². The molecule has 1 saturated carbocycles. The molecule has 116 valence electrons. The summed E-state index contributed by atoms with van der Waals surface area (Å²) in [7, 11) is 0. The van der Waals surface area contributed by atoms with Gasteiger partial charge in [0.25, 0.3) is 0 Å². The van der Waals surface area contributed by atoms with E-state index in [2.05, 4.69) is 10.2 Å². The molecule has 1 fully saturated rings. The predicted octanol–water partition coefficient (Wildman–Crippen LogP) is 1.87. The minimum absolute atomic E-state index is 0.0421. The molecule has 0 heterocycles. The van der Waals surface area contributed by atoms with E-state index in [0.717, 1.165) is 24.3 Å². The van der Waals surface area contributed by atoms with Gasteiger partial charge in [-0.25, -0.2) is 0 Å². The van der Waals surface area contributed by atoms with Gasteiger partial charge in [-0.05, 0) is 44.0 Å². The van der Waals surface area contributed by atoms with Gasteiger partial charge in [0, 0.05) is 18.3 Å². The van der Waals surface area contributed by atoms with Crippen molar-refractivity contribution in [1.82, 2.24) is 4.90 Å². The number of carbonyl (C=O) groups is 1. The Morgan fingerprint density at radius 2 is 2.10 bits per heavy atom. The van der Waals surface area contributed by atoms with E-state index >= 15 is 0 Å². The first-order chi connectivity index (χ1) is 10.2. The molecular formula is C16H24N2O3. The smallest absolute Gasteiger partial charge is 0.238 e. The van der Waals surface area contributed by atoms with Crippen molar-refractivity contribution in [1.29, 1.82) is 0 Å². The summed E-state index contributed by atoms with van der Waals surface area (Å²) in [5.74, 6) is 0.756. The average molecular weight is 292 g/mol. The highest BCUT2D eigenvalue weighted by Crippen LogP contribution is 2.24. The molecule has 0 aromatic heterocycles. The van der Waals surface area contributed by atoms with E-state index < -0.39 is 0 Å². The third kappa shape index (κ3) is 4.72. The van der Waals surface area contributed by atoms with Crippen LogP contribution in [0.25, 0.3) is 0 Å². The van der Waals surface area contributed by atoms with Gasteiger partial charge in [0.15, 0.2) is 0 Å². The maximum absolute atomic E-state index is 12.1. The number of aliphatic hydroxyl groups is 1. The fourth-order valence-corrected chi connectivity index (χ4v) is 2.46. The molecule has 1 amide bonds. The van der Waals surface area contributed by atoms with Crippen molar-refractivity contribution in [3.8, 4) is 5.75 Å². The maximum atomic E-state index is 12.1. The van der Waals surface area contributed by atoms with Gasteiger partial charge in [-0.15, -0.1) is 0 Å². The highest BCUT2D eigenvalue weighted by molar-refractivity contribution is 5.92. The fraction of sp³-hybridized carbons (Fsp3) is 0.562. The van der Waals surface area contributed by atoms with Gasteiger partial charge in [0.1, 0.15) is 5.75 Å². The lowest BCUT2D eigenvalue weighted by atomic mass is 9.91. The Balaban J connectivity index is 1.84. The number of amides is 1. The molecule has 0 unspecified atom stereocenters. The van der Waals surface area contributed by atoms with Crippen LogP contribution >= 0.6 is 0 Å². The molecule has 0 radical (unpaired) electrons. The van der Waals surface area contributed by atoms with E-state index in [-0.39, 0.29) is 12.5 Å². The van der Waals surface area contributed by atoms with Gasteiger partial charge in [-0.3, -0.25) is 9.69 Å². The van der Waals surface area contributed by atoms with Crippen LogP contribution in [0.15, 0.2) is 24.3 Å². The zero-order chi connectivity index (χ0) is 15.1. The van der Waals surface area contributed by atoms with Gasteiger partial charge in [0.05, 0.1) is 19.8 Å². The summed E-state index contributed by atoms with van der Waals surface area (Å²) >= 11 is 0. The number of hydrogen-bond acceptors (Lipinski definition) is 4. The lowest BCUT2D eigenvalue weighted by Crippen LogP contribution is -2.45. The second kappa shape index (κ2) is 8.00. The molecule has 1 aromatic carbocycles. The van der Waals surface area contributed by atoms with Crippen LogP contribution < -0.4 is 10.1 Å². The normalized spacial score (nSPS) is 14.8. The van der Waals surface area contributed by atoms with Gasteiger partial charge < -0.3 is 15.2 Å². The monoisotopic (exact) mass is 292 g/mol. The van der Waals surface area contributed by atoms with Crippen molar-refractivity contribution in [3.05, 3.63) is 24.3 Å². The first kappa shape index (κ1) is 15.8. The Hall–Kier alpha value is -1.59. The Labute approximate surface area is 125 Å². The van der Waals surface area contributed by atoms with Gasteiger partial charge in [0.2, 0.25) is 5.91 Å². The summed E-state index contributed by atoms with van der Waals surface area (Å²) < 4.78 is 5.37. The van der Waals surface area contributed by atoms with E-state index in [1.807, 2.05) is 31.2 Å². The number of ether oxygens (including phenoxy) is 1. The highest BCUT2D eigenvalue weighted by Gasteiger charge is 2.25. The van der Waals surface area contributed by atoms with Crippen LogP contribution in [-0.2, 0) is 4.79 Å². The van der Waals surface area contributed by atoms with E-state index in [4.69, 9.17) is 9.84 Å². The molecule has 2 N–H and O–H groups in total. The van der Waals surface area contributed by atoms with Crippen LogP contribution in [0.5, 0.6) is 5.75 Å². The Morgan fingerprint density at radius 1 is 1.38 bits per heavy atom. The number of nitrogens with zero attached hydrogens (tertiary/aromatic N) is 1. The quantitative estimate of drug-likeness (QED) is 0.768. The van der Waals surface area contributed by atoms with Crippen LogP contribution in [-0.4, -0.2) is 48.3 Å². The Morgan fingerprint density at radius 3 is 2.62 bits per heavy atom. The number of benzene rings is 1. The third-order valence-corrected chi connectivity index (χ3v) is 3.77. The lowest BCUT2D eigenvalue weighted by Gasteiger charge is -2.36. The van der Waals surface area contributed by atoms with E-state index in [0.29, 0.717) is 25.7 Å². The summed E-state index contributed by atoms with van der Waals surface area (Å²) in [6.45, 7) is 3.54. The van der Waals surface area contributed by atoms with Gasteiger partial charge in [-0.2, -0.15) is 0 Å². The zero-order valence-corrected chi connectivity index (χ0v) is 12.5. The largest absolute Gasteiger partial charge is 0.494 e. The number of hydrogen-bond donors (Lipinski definition) is 2. The summed E-state index contributed by atoms with van der Waals surface area (Å²) in [5.41, 5.74) is 0.765. The van der Waals surface area contributed by atoms with Gasteiger partial charge in [-0.1, -0.05) is 6.42 Å². The fourth-order valence-electron chi connectivity index (χ4n) is 2.46. The summed E-state index contributed by atoms with van der Waals surface area (Å²) in [6.07, 6.45) is 3.46. The van der Waals surface area contributed by atoms with E-state index in [1.165, 1.54) is 6.42 Å². The predicted molar refractivity (Wildman–Crippen MR) is 82.5 cm³/mol. The van der Waals surface area contributed by atoms with Crippen LogP contribution in [0.1, 0.15) is 26.2 Å². The van der Waals surface area contributed by atoms with Crippen LogP contribution in [0.2, 0.25) is 0 Å². The highest BCUT2D eigenvalue weighted by atomic mass is 16.5. The molecule has 0 spiro atoms. The van der Waals surface area contributed by atoms with E-state index in [9.17, 15) is 4.79 Å². The Bertz CT molecular complexity index is 443. The summed E-state index contributed by atoms with van der Waals surface area (Å²) in [4.78, 5) is 14.2. The van der Waals surface area contributed by atoms with Crippen molar-refractivity contribution in [2.75, 3.05) is 31.6 Å². The third-order valence-electron chi connectivity index (χ3n) is 3.77. The topological polar surface area (TPSA) is 61.8 Å². The minimum atomic E-state index is -0.0421. The van der Waals surface area contributed by atoms with Crippen molar-refractivity contribution >= 4 is 11.6 Å². The number of rotatable bonds is 8. The minimum Gasteiger partial charge on any atom is -0.494 e. The molecule has 0 bridgehead atoms. The summed E-state index contributed by atoms with van der Waals surface area (Å²) in [5, 5.41) is 12.0. The number of aliphatic hydroxyl groups excluding tert-OH is 1. The Kier molecular flexibility index (Phi) is 6.02. The molecule has 0 aliphatic heterocycles. The SMILES string of the molecule is CCOc1ccc(NC(=O)CN(CCO)C2CCC2)cc1. The molecule has 1 aromatic rings. The lowest BCUT2D eigenvalue weighted by molar-refractivity contribution is -0.118. The molecule has 1 aliphatic rings. The van der Waals surface area contributed by atoms with E-state index in [1.54, 1.807) is 0 Å². The first-order valence-electron chi connectivity index (χ1n) is 7.60. The first-order valence-corrected chi connectivity index (χ1v) is 7.60. The molecular weight excluding hydrogens is 268 g/mol. The van der Waals surface area contributed by atoms with Crippen molar-refractivity contribution in [3.63, 3.8) is 0 Å². The second-order valence-corrected chi connectivity index (χ2v) is 5.28. The molecule has 2 rings (SSSR count). The van der Waals surface area contributed by atoms with Crippen LogP contribution in [0.4, 0.5) is 5.69 Å². The van der Waals surface area contributed by atoms with Gasteiger partial charge >= 0.3 is 0 Å². The molecule has 0 atom stereocenters. The van der Waals surface area contributed by atoms with Crippen molar-refractivity contribution < 1.29 is 14.6 Å².